The number of hydrogen-bond donors (Lipinski definition) is 1. The van der Waals surface area contributed by atoms with Crippen molar-refractivity contribution in [3.8, 4) is 17.1 Å². The van der Waals surface area contributed by atoms with E-state index in [0.717, 1.165) is 24.1 Å². The number of aromatic nitrogens is 3. The summed E-state index contributed by atoms with van der Waals surface area (Å²) in [6, 6.07) is 9.13. The second-order valence-electron chi connectivity index (χ2n) is 6.81. The van der Waals surface area contributed by atoms with Gasteiger partial charge in [0.15, 0.2) is 0 Å². The smallest absolute Gasteiger partial charge is 0.270 e. The van der Waals surface area contributed by atoms with Crippen molar-refractivity contribution in [2.75, 3.05) is 13.2 Å². The monoisotopic (exact) mass is 394 g/mol. The van der Waals surface area contributed by atoms with Crippen molar-refractivity contribution in [3.63, 3.8) is 0 Å². The van der Waals surface area contributed by atoms with Crippen molar-refractivity contribution >= 4 is 5.91 Å². The molecule has 0 unspecified atom stereocenters. The minimum atomic E-state index is -0.184. The summed E-state index contributed by atoms with van der Waals surface area (Å²) >= 11 is 0. The highest BCUT2D eigenvalue weighted by Gasteiger charge is 2.18. The van der Waals surface area contributed by atoms with Crippen LogP contribution in [0.5, 0.6) is 5.75 Å². The summed E-state index contributed by atoms with van der Waals surface area (Å²) < 4.78 is 16.5. The summed E-state index contributed by atoms with van der Waals surface area (Å²) in [5.41, 5.74) is 2.56. The average molecular weight is 394 g/mol. The number of nitrogens with zero attached hydrogens (tertiary/aromatic N) is 3. The van der Waals surface area contributed by atoms with Crippen LogP contribution in [-0.4, -0.2) is 40.3 Å². The molecule has 0 aromatic carbocycles. The van der Waals surface area contributed by atoms with Crippen LogP contribution in [0.2, 0.25) is 0 Å². The second kappa shape index (κ2) is 8.83. The Bertz CT molecular complexity index is 951. The fraction of sp³-hybridized carbons (Fsp3) is 0.333. The molecular formula is C21H22N4O4. The molecule has 4 heterocycles. The summed E-state index contributed by atoms with van der Waals surface area (Å²) in [7, 11) is 0. The average Bonchev–Trinajstić information content (AvgIpc) is 3.14. The molecule has 1 saturated heterocycles. The number of pyridine rings is 2. The van der Waals surface area contributed by atoms with Crippen molar-refractivity contribution in [1.29, 1.82) is 0 Å². The van der Waals surface area contributed by atoms with Gasteiger partial charge in [0.2, 0.25) is 0 Å². The summed E-state index contributed by atoms with van der Waals surface area (Å²) in [6.45, 7) is 3.44. The van der Waals surface area contributed by atoms with Gasteiger partial charge in [0.25, 0.3) is 5.91 Å². The summed E-state index contributed by atoms with van der Waals surface area (Å²) in [5.74, 6) is 1.04. The van der Waals surface area contributed by atoms with Crippen LogP contribution in [0.15, 0.2) is 47.2 Å². The van der Waals surface area contributed by atoms with E-state index in [9.17, 15) is 4.79 Å². The van der Waals surface area contributed by atoms with Crippen LogP contribution in [0, 0.1) is 6.92 Å². The maximum absolute atomic E-state index is 12.3. The lowest BCUT2D eigenvalue weighted by Gasteiger charge is -2.22. The third-order valence-corrected chi connectivity index (χ3v) is 4.80. The summed E-state index contributed by atoms with van der Waals surface area (Å²) in [5, 5.41) is 7.09. The first-order chi connectivity index (χ1) is 14.2. The molecule has 0 atom stereocenters. The van der Waals surface area contributed by atoms with Gasteiger partial charge in [-0.3, -0.25) is 9.78 Å². The molecule has 1 amide bonds. The van der Waals surface area contributed by atoms with E-state index in [1.807, 2.05) is 25.1 Å². The number of ether oxygens (including phenoxy) is 2. The summed E-state index contributed by atoms with van der Waals surface area (Å²) in [6.07, 6.45) is 4.90. The van der Waals surface area contributed by atoms with Crippen LogP contribution >= 0.6 is 0 Å². The lowest BCUT2D eigenvalue weighted by atomic mass is 10.1. The fourth-order valence-corrected chi connectivity index (χ4v) is 3.12. The number of nitrogens with one attached hydrogen (secondary N) is 1. The summed E-state index contributed by atoms with van der Waals surface area (Å²) in [4.78, 5) is 20.9. The van der Waals surface area contributed by atoms with Gasteiger partial charge in [-0.1, -0.05) is 11.2 Å². The Morgan fingerprint density at radius 2 is 2.07 bits per heavy atom. The van der Waals surface area contributed by atoms with Gasteiger partial charge in [0, 0.05) is 25.5 Å². The highest BCUT2D eigenvalue weighted by atomic mass is 16.5. The van der Waals surface area contributed by atoms with Gasteiger partial charge in [0.05, 0.1) is 17.5 Å². The zero-order chi connectivity index (χ0) is 20.1. The zero-order valence-electron chi connectivity index (χ0n) is 16.1. The van der Waals surface area contributed by atoms with Gasteiger partial charge < -0.3 is 19.3 Å². The van der Waals surface area contributed by atoms with E-state index in [4.69, 9.17) is 14.0 Å². The van der Waals surface area contributed by atoms with E-state index >= 15 is 0 Å². The normalized spacial score (nSPS) is 14.5. The molecule has 150 valence electrons. The van der Waals surface area contributed by atoms with Crippen LogP contribution in [-0.2, 0) is 11.3 Å². The Morgan fingerprint density at radius 3 is 2.79 bits per heavy atom. The van der Waals surface area contributed by atoms with E-state index in [1.54, 1.807) is 24.5 Å². The Hall–Kier alpha value is -3.26. The highest BCUT2D eigenvalue weighted by Crippen LogP contribution is 2.25. The number of amides is 1. The van der Waals surface area contributed by atoms with E-state index in [2.05, 4.69) is 20.4 Å². The van der Waals surface area contributed by atoms with E-state index in [0.29, 0.717) is 36.1 Å². The highest BCUT2D eigenvalue weighted by molar-refractivity contribution is 5.92. The predicted octanol–water partition coefficient (Wildman–Crippen LogP) is 2.93. The fourth-order valence-electron chi connectivity index (χ4n) is 3.12. The first-order valence-electron chi connectivity index (χ1n) is 9.54. The molecule has 1 aliphatic heterocycles. The van der Waals surface area contributed by atoms with Crippen molar-refractivity contribution in [2.24, 2.45) is 0 Å². The third kappa shape index (κ3) is 4.60. The van der Waals surface area contributed by atoms with Gasteiger partial charge >= 0.3 is 0 Å². The van der Waals surface area contributed by atoms with Crippen molar-refractivity contribution in [2.45, 2.75) is 32.4 Å². The van der Waals surface area contributed by atoms with Crippen LogP contribution in [0.3, 0.4) is 0 Å². The molecule has 3 aromatic heterocycles. The quantitative estimate of drug-likeness (QED) is 0.686. The molecule has 0 radical (unpaired) electrons. The third-order valence-electron chi connectivity index (χ3n) is 4.80. The molecule has 8 nitrogen and oxygen atoms in total. The molecule has 1 fully saturated rings. The molecule has 4 rings (SSSR count). The number of aryl methyl sites for hydroxylation is 1. The minimum Gasteiger partial charge on any atom is -0.487 e. The van der Waals surface area contributed by atoms with Crippen LogP contribution in [0.1, 0.15) is 34.7 Å². The van der Waals surface area contributed by atoms with Gasteiger partial charge in [0.1, 0.15) is 29.5 Å². The van der Waals surface area contributed by atoms with Crippen molar-refractivity contribution in [3.05, 3.63) is 59.7 Å². The Kier molecular flexibility index (Phi) is 5.81. The molecule has 3 aromatic rings. The zero-order valence-corrected chi connectivity index (χ0v) is 16.1. The van der Waals surface area contributed by atoms with Gasteiger partial charge in [-0.15, -0.1) is 0 Å². The van der Waals surface area contributed by atoms with E-state index < -0.39 is 0 Å². The lowest BCUT2D eigenvalue weighted by molar-refractivity contribution is 0.0694. The standard InChI is InChI=1S/C21H22N4O4/c1-14-17(20(25-29-14)18-4-2-3-9-22-18)13-28-16-5-6-19(23-12-16)21(26)24-15-7-10-27-11-8-15/h2-6,9,12,15H,7-8,10-11,13H2,1H3,(H,24,26). The molecule has 8 heteroatoms. The number of hydrogen-bond acceptors (Lipinski definition) is 7. The molecule has 0 aliphatic carbocycles. The molecule has 0 bridgehead atoms. The molecule has 1 aliphatic rings. The molecule has 0 spiro atoms. The Balaban J connectivity index is 1.39. The maximum Gasteiger partial charge on any atom is 0.270 e. The van der Waals surface area contributed by atoms with E-state index in [-0.39, 0.29) is 18.6 Å². The topological polar surface area (TPSA) is 99.4 Å². The number of carbonyl (C=O) groups is 1. The second-order valence-corrected chi connectivity index (χ2v) is 6.81. The first-order valence-corrected chi connectivity index (χ1v) is 9.54. The number of rotatable bonds is 6. The predicted molar refractivity (Wildman–Crippen MR) is 104 cm³/mol. The molecule has 0 saturated carbocycles. The van der Waals surface area contributed by atoms with E-state index in [1.165, 1.54) is 0 Å². The van der Waals surface area contributed by atoms with Gasteiger partial charge in [-0.25, -0.2) is 4.98 Å². The number of carbonyl (C=O) groups excluding carboxylic acids is 1. The molecular weight excluding hydrogens is 372 g/mol. The lowest BCUT2D eigenvalue weighted by Crippen LogP contribution is -2.39. The molecule has 29 heavy (non-hydrogen) atoms. The van der Waals surface area contributed by atoms with Gasteiger partial charge in [-0.05, 0) is 44.0 Å². The van der Waals surface area contributed by atoms with Crippen LogP contribution in [0.25, 0.3) is 11.4 Å². The SMILES string of the molecule is Cc1onc(-c2ccccn2)c1COc1ccc(C(=O)NC2CCOCC2)nc1. The van der Waals surface area contributed by atoms with Crippen LogP contribution < -0.4 is 10.1 Å². The minimum absolute atomic E-state index is 0.135. The Labute approximate surface area is 168 Å². The first kappa shape index (κ1) is 19.1. The maximum atomic E-state index is 12.3. The van der Waals surface area contributed by atoms with Crippen LogP contribution in [0.4, 0.5) is 0 Å². The molecule has 1 N–H and O–H groups in total. The largest absolute Gasteiger partial charge is 0.487 e. The Morgan fingerprint density at radius 1 is 1.21 bits per heavy atom. The van der Waals surface area contributed by atoms with Crippen molar-refractivity contribution < 1.29 is 18.8 Å². The van der Waals surface area contributed by atoms with Crippen molar-refractivity contribution in [1.82, 2.24) is 20.4 Å². The van der Waals surface area contributed by atoms with Gasteiger partial charge in [-0.2, -0.15) is 0 Å².